The molecule has 0 N–H and O–H groups in total. The van der Waals surface area contributed by atoms with E-state index in [1.165, 1.54) is 17.5 Å². The Morgan fingerprint density at radius 2 is 1.65 bits per heavy atom. The highest BCUT2D eigenvalue weighted by atomic mass is 32.1. The monoisotopic (exact) mass is 437 g/mol. The summed E-state index contributed by atoms with van der Waals surface area (Å²) in [6.45, 7) is 0. The zero-order valence-electron chi connectivity index (χ0n) is 18.3. The molecule has 0 saturated heterocycles. The van der Waals surface area contributed by atoms with Crippen molar-refractivity contribution in [3.05, 3.63) is 57.7 Å². The molecule has 4 rings (SSSR count). The SMILES string of the molecule is CN=c1scc(-c2cc(OC)c(OC)c(OC)c2)n1N=C1CCCCc2ccccc21. The number of benzene rings is 2. The molecule has 2 aromatic carbocycles. The van der Waals surface area contributed by atoms with E-state index in [0.717, 1.165) is 41.0 Å². The number of rotatable bonds is 5. The largest absolute Gasteiger partial charge is 0.493 e. The summed E-state index contributed by atoms with van der Waals surface area (Å²) in [7, 11) is 6.65. The minimum absolute atomic E-state index is 0.569. The van der Waals surface area contributed by atoms with Crippen LogP contribution in [0.2, 0.25) is 0 Å². The van der Waals surface area contributed by atoms with Gasteiger partial charge in [0.1, 0.15) is 0 Å². The lowest BCUT2D eigenvalue weighted by Gasteiger charge is -2.15. The van der Waals surface area contributed by atoms with Crippen LogP contribution in [-0.4, -0.2) is 38.8 Å². The van der Waals surface area contributed by atoms with Crippen LogP contribution in [-0.2, 0) is 6.42 Å². The third-order valence-electron chi connectivity index (χ3n) is 5.50. The number of fused-ring (bicyclic) bond motifs is 1. The fraction of sp³-hybridized carbons (Fsp3) is 0.333. The van der Waals surface area contributed by atoms with Gasteiger partial charge in [0.15, 0.2) is 11.5 Å². The molecule has 1 heterocycles. The third-order valence-corrected chi connectivity index (χ3v) is 6.40. The maximum atomic E-state index is 5.56. The lowest BCUT2D eigenvalue weighted by atomic mass is 10.0. The highest BCUT2D eigenvalue weighted by Crippen LogP contribution is 2.41. The zero-order chi connectivity index (χ0) is 21.8. The Hall–Kier alpha value is -3.06. The minimum atomic E-state index is 0.569. The van der Waals surface area contributed by atoms with E-state index < -0.39 is 0 Å². The normalized spacial score (nSPS) is 15.5. The molecule has 3 aromatic rings. The second-order valence-corrected chi connectivity index (χ2v) is 8.10. The Kier molecular flexibility index (Phi) is 6.42. The van der Waals surface area contributed by atoms with Crippen molar-refractivity contribution in [2.75, 3.05) is 28.4 Å². The van der Waals surface area contributed by atoms with Gasteiger partial charge >= 0.3 is 0 Å². The Bertz CT molecular complexity index is 1150. The van der Waals surface area contributed by atoms with Crippen LogP contribution in [0.1, 0.15) is 30.4 Å². The molecule has 31 heavy (non-hydrogen) atoms. The predicted octanol–water partition coefficient (Wildman–Crippen LogP) is 4.75. The highest BCUT2D eigenvalue weighted by molar-refractivity contribution is 7.07. The van der Waals surface area contributed by atoms with Crippen molar-refractivity contribution in [3.8, 4) is 28.5 Å². The Labute approximate surface area is 186 Å². The maximum absolute atomic E-state index is 5.56. The summed E-state index contributed by atoms with van der Waals surface area (Å²) in [5, 5.41) is 7.18. The summed E-state index contributed by atoms with van der Waals surface area (Å²) in [6.07, 6.45) is 4.33. The number of ether oxygens (including phenoxy) is 3. The molecule has 162 valence electrons. The molecule has 0 spiro atoms. The van der Waals surface area contributed by atoms with Gasteiger partial charge in [-0.1, -0.05) is 24.3 Å². The number of hydrogen-bond donors (Lipinski definition) is 0. The van der Waals surface area contributed by atoms with E-state index in [2.05, 4.69) is 34.6 Å². The predicted molar refractivity (Wildman–Crippen MR) is 125 cm³/mol. The molecule has 0 amide bonds. The van der Waals surface area contributed by atoms with Crippen molar-refractivity contribution in [2.45, 2.75) is 25.7 Å². The van der Waals surface area contributed by atoms with Crippen molar-refractivity contribution < 1.29 is 14.2 Å². The smallest absolute Gasteiger partial charge is 0.205 e. The highest BCUT2D eigenvalue weighted by Gasteiger charge is 2.19. The molecule has 0 fully saturated rings. The van der Waals surface area contributed by atoms with E-state index in [1.54, 1.807) is 39.7 Å². The fourth-order valence-corrected chi connectivity index (χ4v) is 4.76. The van der Waals surface area contributed by atoms with Crippen molar-refractivity contribution >= 4 is 17.0 Å². The molecule has 0 radical (unpaired) electrons. The first-order valence-electron chi connectivity index (χ1n) is 10.3. The second-order valence-electron chi connectivity index (χ2n) is 7.26. The van der Waals surface area contributed by atoms with Crippen molar-refractivity contribution in [1.29, 1.82) is 0 Å². The molecule has 1 aliphatic carbocycles. The van der Waals surface area contributed by atoms with E-state index in [-0.39, 0.29) is 0 Å². The first-order valence-corrected chi connectivity index (χ1v) is 11.2. The molecular formula is C24H27N3O3S. The van der Waals surface area contributed by atoms with Crippen molar-refractivity contribution in [3.63, 3.8) is 0 Å². The maximum Gasteiger partial charge on any atom is 0.205 e. The first-order chi connectivity index (χ1) is 15.2. The van der Waals surface area contributed by atoms with Gasteiger partial charge in [-0.15, -0.1) is 11.3 Å². The standard InChI is InChI=1S/C24H27N3O3S/c1-25-24-27(26-19-12-8-6-10-16-9-5-7-11-18(16)19)20(15-31-24)17-13-21(28-2)23(30-4)22(14-17)29-3/h5,7,9,11,13-15H,6,8,10,12H2,1-4H3. The number of nitrogens with zero attached hydrogens (tertiary/aromatic N) is 3. The molecule has 0 unspecified atom stereocenters. The van der Waals surface area contributed by atoms with Gasteiger partial charge in [0.05, 0.1) is 32.7 Å². The molecule has 0 bridgehead atoms. The van der Waals surface area contributed by atoms with Crippen LogP contribution in [0.3, 0.4) is 0 Å². The topological polar surface area (TPSA) is 57.3 Å². The van der Waals surface area contributed by atoms with E-state index in [1.807, 2.05) is 16.8 Å². The number of methoxy groups -OCH3 is 3. The van der Waals surface area contributed by atoms with Crippen LogP contribution < -0.4 is 19.0 Å². The lowest BCUT2D eigenvalue weighted by molar-refractivity contribution is 0.324. The van der Waals surface area contributed by atoms with Gasteiger partial charge in [-0.3, -0.25) is 4.99 Å². The van der Waals surface area contributed by atoms with E-state index in [9.17, 15) is 0 Å². The summed E-state index contributed by atoms with van der Waals surface area (Å²) in [5.41, 5.74) is 5.54. The average molecular weight is 438 g/mol. The molecule has 1 aliphatic rings. The molecule has 0 aliphatic heterocycles. The van der Waals surface area contributed by atoms with Crippen LogP contribution in [0.4, 0.5) is 0 Å². The van der Waals surface area contributed by atoms with Gasteiger partial charge in [0, 0.05) is 23.6 Å². The van der Waals surface area contributed by atoms with Gasteiger partial charge in [0.2, 0.25) is 10.6 Å². The molecule has 1 aromatic heterocycles. The molecular weight excluding hydrogens is 410 g/mol. The summed E-state index contributed by atoms with van der Waals surface area (Å²) >= 11 is 1.56. The van der Waals surface area contributed by atoms with E-state index in [4.69, 9.17) is 19.3 Å². The molecule has 0 atom stereocenters. The summed E-state index contributed by atoms with van der Waals surface area (Å²) in [5.74, 6) is 1.79. The Morgan fingerprint density at radius 3 is 2.32 bits per heavy atom. The van der Waals surface area contributed by atoms with Gasteiger partial charge in [-0.05, 0) is 43.4 Å². The lowest BCUT2D eigenvalue weighted by Crippen LogP contribution is -2.15. The van der Waals surface area contributed by atoms with Gasteiger partial charge in [-0.25, -0.2) is 4.68 Å². The van der Waals surface area contributed by atoms with E-state index >= 15 is 0 Å². The third kappa shape index (κ3) is 4.10. The summed E-state index contributed by atoms with van der Waals surface area (Å²) in [6, 6.07) is 12.5. The molecule has 6 nitrogen and oxygen atoms in total. The average Bonchev–Trinajstić information content (AvgIpc) is 3.11. The quantitative estimate of drug-likeness (QED) is 0.541. The summed E-state index contributed by atoms with van der Waals surface area (Å²) < 4.78 is 18.5. The van der Waals surface area contributed by atoms with Crippen LogP contribution in [0, 0.1) is 0 Å². The molecule has 7 heteroatoms. The second kappa shape index (κ2) is 9.39. The van der Waals surface area contributed by atoms with Crippen molar-refractivity contribution in [2.24, 2.45) is 10.1 Å². The van der Waals surface area contributed by atoms with Crippen LogP contribution in [0.5, 0.6) is 17.2 Å². The van der Waals surface area contributed by atoms with Crippen molar-refractivity contribution in [1.82, 2.24) is 4.68 Å². The van der Waals surface area contributed by atoms with Gasteiger partial charge in [-0.2, -0.15) is 5.10 Å². The Morgan fingerprint density at radius 1 is 0.935 bits per heavy atom. The number of aromatic nitrogens is 1. The summed E-state index contributed by atoms with van der Waals surface area (Å²) in [4.78, 5) is 5.30. The number of thiazole rings is 1. The first kappa shape index (κ1) is 21.2. The fourth-order valence-electron chi connectivity index (χ4n) is 3.96. The van der Waals surface area contributed by atoms with Gasteiger partial charge in [0.25, 0.3) is 0 Å². The minimum Gasteiger partial charge on any atom is -0.493 e. The Balaban J connectivity index is 1.90. The number of hydrogen-bond acceptors (Lipinski definition) is 6. The van der Waals surface area contributed by atoms with Crippen LogP contribution in [0.25, 0.3) is 11.3 Å². The van der Waals surface area contributed by atoms with E-state index in [0.29, 0.717) is 17.2 Å². The zero-order valence-corrected chi connectivity index (χ0v) is 19.2. The van der Waals surface area contributed by atoms with Gasteiger partial charge < -0.3 is 14.2 Å². The molecule has 0 saturated carbocycles. The number of aryl methyl sites for hydroxylation is 1. The van der Waals surface area contributed by atoms with Crippen LogP contribution in [0.15, 0.2) is 51.9 Å². The van der Waals surface area contributed by atoms with Crippen LogP contribution >= 0.6 is 11.3 Å².